The summed E-state index contributed by atoms with van der Waals surface area (Å²) in [5.74, 6) is 0.863. The maximum Gasteiger partial charge on any atom is 0.144 e. The van der Waals surface area contributed by atoms with Gasteiger partial charge in [0, 0.05) is 18.8 Å². The number of aryl methyl sites for hydroxylation is 1. The predicted molar refractivity (Wildman–Crippen MR) is 86.5 cm³/mol. The largest absolute Gasteiger partial charge is 0.368 e. The van der Waals surface area contributed by atoms with Gasteiger partial charge in [0.15, 0.2) is 0 Å². The van der Waals surface area contributed by atoms with Crippen LogP contribution in [0.5, 0.6) is 0 Å². The molecule has 1 fully saturated rings. The highest BCUT2D eigenvalue weighted by atomic mass is 79.9. The molecule has 0 saturated carbocycles. The minimum Gasteiger partial charge on any atom is -0.368 e. The topological polar surface area (TPSA) is 41.2 Å². The summed E-state index contributed by atoms with van der Waals surface area (Å²) < 4.78 is 7.41. The fraction of sp³-hybridized carbons (Fsp3) is 0.714. The lowest BCUT2D eigenvalue weighted by atomic mass is 10.2. The van der Waals surface area contributed by atoms with Crippen molar-refractivity contribution < 1.29 is 4.74 Å². The molecule has 1 atom stereocenters. The molecule has 4 nitrogen and oxygen atoms in total. The predicted octanol–water partition coefficient (Wildman–Crippen LogP) is 3.64. The first-order valence-electron chi connectivity index (χ1n) is 7.28. The Labute approximate surface area is 134 Å². The van der Waals surface area contributed by atoms with Crippen LogP contribution in [0.15, 0.2) is 4.47 Å². The normalized spacial score (nSPS) is 20.2. The number of nitrogens with zero attached hydrogens (tertiary/aromatic N) is 2. The molecular weight excluding hydrogens is 338 g/mol. The molecule has 2 heterocycles. The van der Waals surface area contributed by atoms with E-state index < -0.39 is 0 Å². The van der Waals surface area contributed by atoms with E-state index in [0.717, 1.165) is 61.5 Å². The Hall–Kier alpha value is -0.300. The third kappa shape index (κ3) is 3.87. The Morgan fingerprint density at radius 3 is 2.95 bits per heavy atom. The molecule has 112 valence electrons. The van der Waals surface area contributed by atoms with Crippen LogP contribution in [-0.4, -0.2) is 41.1 Å². The van der Waals surface area contributed by atoms with Gasteiger partial charge in [-0.2, -0.15) is 0 Å². The quantitative estimate of drug-likeness (QED) is 0.814. The molecule has 1 aliphatic heterocycles. The monoisotopic (exact) mass is 359 g/mol. The molecule has 0 bridgehead atoms. The third-order valence-electron chi connectivity index (χ3n) is 3.45. The van der Waals surface area contributed by atoms with Gasteiger partial charge in [0.2, 0.25) is 0 Å². The highest BCUT2D eigenvalue weighted by molar-refractivity contribution is 9.10. The zero-order valence-corrected chi connectivity index (χ0v) is 14.5. The number of ether oxygens (including phenoxy) is 1. The van der Waals surface area contributed by atoms with E-state index in [0.29, 0.717) is 4.64 Å². The van der Waals surface area contributed by atoms with Gasteiger partial charge >= 0.3 is 0 Å². The van der Waals surface area contributed by atoms with Crippen LogP contribution in [-0.2, 0) is 11.2 Å². The van der Waals surface area contributed by atoms with Gasteiger partial charge in [-0.25, -0.2) is 4.98 Å². The number of nitrogens with one attached hydrogen (secondary N) is 1. The summed E-state index contributed by atoms with van der Waals surface area (Å²) >= 11 is 8.87. The molecule has 6 heteroatoms. The van der Waals surface area contributed by atoms with E-state index in [1.54, 1.807) is 0 Å². The Morgan fingerprint density at radius 2 is 2.25 bits per heavy atom. The highest BCUT2D eigenvalue weighted by Crippen LogP contribution is 2.23. The number of aromatic nitrogens is 2. The molecule has 1 aromatic rings. The lowest BCUT2D eigenvalue weighted by molar-refractivity contribution is -0.0343. The van der Waals surface area contributed by atoms with Gasteiger partial charge in [-0.3, -0.25) is 4.90 Å². The first kappa shape index (κ1) is 16.1. The Morgan fingerprint density at radius 1 is 1.45 bits per heavy atom. The van der Waals surface area contributed by atoms with Crippen molar-refractivity contribution in [1.82, 2.24) is 14.9 Å². The van der Waals surface area contributed by atoms with Crippen LogP contribution in [0.2, 0.25) is 0 Å². The van der Waals surface area contributed by atoms with Gasteiger partial charge in [0.25, 0.3) is 0 Å². The van der Waals surface area contributed by atoms with E-state index >= 15 is 0 Å². The Kier molecular flexibility index (Phi) is 6.14. The average Bonchev–Trinajstić information content (AvgIpc) is 2.44. The summed E-state index contributed by atoms with van der Waals surface area (Å²) in [6.07, 6.45) is 3.20. The third-order valence-corrected chi connectivity index (χ3v) is 4.86. The average molecular weight is 360 g/mol. The summed E-state index contributed by atoms with van der Waals surface area (Å²) in [4.78, 5) is 10.3. The summed E-state index contributed by atoms with van der Waals surface area (Å²) in [6.45, 7) is 8.12. The standard InChI is InChI=1S/C14H22BrN3OS/c1-3-5-10-12(15)14(20)17-13(16-10)11-9-18(6-4-2)7-8-19-11/h11H,3-9H2,1-2H3,(H,16,17,20). The Bertz CT molecular complexity index is 504. The lowest BCUT2D eigenvalue weighted by Crippen LogP contribution is -2.39. The van der Waals surface area contributed by atoms with Crippen molar-refractivity contribution in [2.24, 2.45) is 0 Å². The van der Waals surface area contributed by atoms with Gasteiger partial charge in [0.1, 0.15) is 16.6 Å². The number of halogens is 1. The molecule has 0 aromatic carbocycles. The SMILES string of the molecule is CCCc1[nH]c(C2CN(CCC)CCO2)nc(=S)c1Br. The zero-order valence-electron chi connectivity index (χ0n) is 12.1. The van der Waals surface area contributed by atoms with Crippen LogP contribution in [0, 0.1) is 4.64 Å². The van der Waals surface area contributed by atoms with Crippen LogP contribution < -0.4 is 0 Å². The fourth-order valence-electron chi connectivity index (χ4n) is 2.49. The van der Waals surface area contributed by atoms with Gasteiger partial charge in [0.05, 0.1) is 11.1 Å². The van der Waals surface area contributed by atoms with E-state index in [4.69, 9.17) is 17.0 Å². The Balaban J connectivity index is 2.21. The number of hydrogen-bond donors (Lipinski definition) is 1. The summed E-state index contributed by atoms with van der Waals surface area (Å²) in [7, 11) is 0. The maximum atomic E-state index is 5.87. The van der Waals surface area contributed by atoms with Crippen LogP contribution in [0.25, 0.3) is 0 Å². The maximum absolute atomic E-state index is 5.87. The zero-order chi connectivity index (χ0) is 14.5. The molecule has 1 aliphatic rings. The van der Waals surface area contributed by atoms with Gasteiger partial charge in [-0.05, 0) is 35.3 Å². The number of rotatable bonds is 5. The van der Waals surface area contributed by atoms with Gasteiger partial charge in [-0.15, -0.1) is 0 Å². The second-order valence-electron chi connectivity index (χ2n) is 5.13. The number of hydrogen-bond acceptors (Lipinski definition) is 4. The number of morpholine rings is 1. The van der Waals surface area contributed by atoms with Crippen molar-refractivity contribution >= 4 is 28.1 Å². The van der Waals surface area contributed by atoms with Crippen molar-refractivity contribution in [3.05, 3.63) is 20.6 Å². The summed E-state index contributed by atoms with van der Waals surface area (Å²) in [6, 6.07) is 0. The summed E-state index contributed by atoms with van der Waals surface area (Å²) in [5.41, 5.74) is 1.12. The van der Waals surface area contributed by atoms with Gasteiger partial charge < -0.3 is 9.72 Å². The molecule has 2 rings (SSSR count). The van der Waals surface area contributed by atoms with Crippen molar-refractivity contribution in [3.8, 4) is 0 Å². The second-order valence-corrected chi connectivity index (χ2v) is 6.31. The first-order valence-corrected chi connectivity index (χ1v) is 8.48. The molecule has 1 aromatic heterocycles. The van der Waals surface area contributed by atoms with Crippen molar-refractivity contribution in [1.29, 1.82) is 0 Å². The molecule has 1 saturated heterocycles. The van der Waals surface area contributed by atoms with E-state index in [-0.39, 0.29) is 6.10 Å². The molecule has 20 heavy (non-hydrogen) atoms. The van der Waals surface area contributed by atoms with E-state index in [1.165, 1.54) is 0 Å². The van der Waals surface area contributed by atoms with Crippen molar-refractivity contribution in [2.75, 3.05) is 26.2 Å². The molecular formula is C14H22BrN3OS. The smallest absolute Gasteiger partial charge is 0.144 e. The fourth-order valence-corrected chi connectivity index (χ4v) is 3.09. The minimum absolute atomic E-state index is 0.000654. The molecule has 0 spiro atoms. The number of H-pyrrole nitrogens is 1. The molecule has 1 unspecified atom stereocenters. The second kappa shape index (κ2) is 7.64. The van der Waals surface area contributed by atoms with Gasteiger partial charge in [-0.1, -0.05) is 32.5 Å². The van der Waals surface area contributed by atoms with Crippen molar-refractivity contribution in [2.45, 2.75) is 39.2 Å². The molecule has 0 amide bonds. The molecule has 0 aliphatic carbocycles. The van der Waals surface area contributed by atoms with Crippen LogP contribution in [0.3, 0.4) is 0 Å². The van der Waals surface area contributed by atoms with E-state index in [1.807, 2.05) is 0 Å². The van der Waals surface area contributed by atoms with Crippen LogP contribution in [0.1, 0.15) is 44.3 Å². The molecule has 0 radical (unpaired) electrons. The van der Waals surface area contributed by atoms with Crippen molar-refractivity contribution in [3.63, 3.8) is 0 Å². The van der Waals surface area contributed by atoms with Crippen LogP contribution >= 0.6 is 28.1 Å². The van der Waals surface area contributed by atoms with E-state index in [2.05, 4.69) is 44.6 Å². The van der Waals surface area contributed by atoms with E-state index in [9.17, 15) is 0 Å². The minimum atomic E-state index is 0.000654. The van der Waals surface area contributed by atoms with Crippen LogP contribution in [0.4, 0.5) is 0 Å². The molecule has 1 N–H and O–H groups in total. The highest BCUT2D eigenvalue weighted by Gasteiger charge is 2.24. The lowest BCUT2D eigenvalue weighted by Gasteiger charge is -2.32. The number of aromatic amines is 1. The first-order chi connectivity index (χ1) is 9.65. The summed E-state index contributed by atoms with van der Waals surface area (Å²) in [5, 5.41) is 0.